The lowest BCUT2D eigenvalue weighted by Gasteiger charge is -2.22. The fourth-order valence-corrected chi connectivity index (χ4v) is 1.47. The van der Waals surface area contributed by atoms with Crippen molar-refractivity contribution >= 4 is 0 Å². The number of alkyl halides is 3. The van der Waals surface area contributed by atoms with Gasteiger partial charge in [0.1, 0.15) is 5.82 Å². The fraction of sp³-hybridized carbons (Fsp3) is 0.333. The quantitative estimate of drug-likeness (QED) is 0.882. The highest BCUT2D eigenvalue weighted by Gasteiger charge is 2.53. The van der Waals surface area contributed by atoms with Crippen LogP contribution in [0.2, 0.25) is 0 Å². The molecule has 1 heterocycles. The van der Waals surface area contributed by atoms with Crippen LogP contribution in [0.3, 0.4) is 0 Å². The number of benzene rings is 1. The molecule has 108 valence electrons. The summed E-state index contributed by atoms with van der Waals surface area (Å²) < 4.78 is 56.1. The van der Waals surface area contributed by atoms with Gasteiger partial charge in [-0.2, -0.15) is 18.2 Å². The van der Waals surface area contributed by atoms with Crippen LogP contribution in [0.15, 0.2) is 28.8 Å². The van der Waals surface area contributed by atoms with Gasteiger partial charge in [-0.1, -0.05) is 23.4 Å². The van der Waals surface area contributed by atoms with Crippen molar-refractivity contribution in [1.29, 1.82) is 0 Å². The van der Waals surface area contributed by atoms with E-state index >= 15 is 0 Å². The van der Waals surface area contributed by atoms with E-state index in [4.69, 9.17) is 5.73 Å². The van der Waals surface area contributed by atoms with Crippen molar-refractivity contribution in [2.75, 3.05) is 0 Å². The largest absolute Gasteiger partial charge is 0.415 e. The second-order valence-electron chi connectivity index (χ2n) is 4.48. The predicted octanol–water partition coefficient (Wildman–Crippen LogP) is 2.54. The Morgan fingerprint density at radius 2 is 1.90 bits per heavy atom. The zero-order valence-electron chi connectivity index (χ0n) is 10.4. The molecular weight excluding hydrogens is 278 g/mol. The minimum absolute atomic E-state index is 0.0639. The van der Waals surface area contributed by atoms with Gasteiger partial charge in [-0.05, 0) is 18.6 Å². The monoisotopic (exact) mass is 289 g/mol. The average Bonchev–Trinajstić information content (AvgIpc) is 2.80. The van der Waals surface area contributed by atoms with Gasteiger partial charge in [0.25, 0.3) is 5.89 Å². The Kier molecular flexibility index (Phi) is 3.51. The second-order valence-corrected chi connectivity index (χ2v) is 4.48. The summed E-state index contributed by atoms with van der Waals surface area (Å²) in [6, 6.07) is 5.82. The molecule has 2 aromatic rings. The molecule has 1 unspecified atom stereocenters. The molecular formula is C12H11F4N3O. The Labute approximate surface area is 111 Å². The molecule has 1 atom stereocenters. The molecule has 0 amide bonds. The summed E-state index contributed by atoms with van der Waals surface area (Å²) in [7, 11) is 0. The van der Waals surface area contributed by atoms with E-state index in [1.54, 1.807) is 6.07 Å². The summed E-state index contributed by atoms with van der Waals surface area (Å²) in [6.07, 6.45) is -4.81. The zero-order chi connectivity index (χ0) is 15.0. The Morgan fingerprint density at radius 3 is 2.50 bits per heavy atom. The number of halogens is 4. The number of nitrogens with two attached hydrogens (primary N) is 1. The van der Waals surface area contributed by atoms with Crippen LogP contribution in [0.5, 0.6) is 0 Å². The van der Waals surface area contributed by atoms with Crippen molar-refractivity contribution in [2.24, 2.45) is 5.73 Å². The first-order valence-electron chi connectivity index (χ1n) is 5.64. The number of aromatic nitrogens is 2. The van der Waals surface area contributed by atoms with E-state index in [1.807, 2.05) is 0 Å². The van der Waals surface area contributed by atoms with Crippen LogP contribution in [0.25, 0.3) is 0 Å². The van der Waals surface area contributed by atoms with E-state index in [-0.39, 0.29) is 17.8 Å². The average molecular weight is 289 g/mol. The smallest absolute Gasteiger partial charge is 0.337 e. The number of hydrogen-bond donors (Lipinski definition) is 1. The molecule has 0 aliphatic carbocycles. The number of nitrogens with zero attached hydrogens (tertiary/aromatic N) is 2. The van der Waals surface area contributed by atoms with Crippen LogP contribution in [-0.4, -0.2) is 16.3 Å². The molecule has 0 saturated heterocycles. The van der Waals surface area contributed by atoms with Gasteiger partial charge in [-0.3, -0.25) is 0 Å². The molecule has 0 radical (unpaired) electrons. The molecule has 2 rings (SSSR count). The zero-order valence-corrected chi connectivity index (χ0v) is 10.4. The summed E-state index contributed by atoms with van der Waals surface area (Å²) in [5, 5.41) is 3.40. The molecule has 4 nitrogen and oxygen atoms in total. The minimum atomic E-state index is -4.73. The molecule has 1 aromatic heterocycles. The standard InChI is InChI=1S/C12H11F4N3O/c1-11(17,12(14,15)16)10-18-9(19-20-10)6-7-4-2-3-5-8(7)13/h2-5H,6,17H2,1H3. The lowest BCUT2D eigenvalue weighted by atomic mass is 10.0. The molecule has 8 heteroatoms. The molecule has 0 aliphatic heterocycles. The van der Waals surface area contributed by atoms with E-state index in [0.29, 0.717) is 0 Å². The maximum Gasteiger partial charge on any atom is 0.415 e. The molecule has 2 N–H and O–H groups in total. The second kappa shape index (κ2) is 4.86. The van der Waals surface area contributed by atoms with Crippen LogP contribution in [0, 0.1) is 5.82 Å². The van der Waals surface area contributed by atoms with Crippen LogP contribution in [-0.2, 0) is 12.0 Å². The highest BCUT2D eigenvalue weighted by Crippen LogP contribution is 2.35. The lowest BCUT2D eigenvalue weighted by molar-refractivity contribution is -0.190. The Hall–Kier alpha value is -1.96. The van der Waals surface area contributed by atoms with Gasteiger partial charge >= 0.3 is 6.18 Å². The first kappa shape index (κ1) is 14.4. The SMILES string of the molecule is CC(N)(c1nc(Cc2ccccc2F)no1)C(F)(F)F. The molecule has 1 aromatic carbocycles. The van der Waals surface area contributed by atoms with Crippen LogP contribution < -0.4 is 5.73 Å². The molecule has 0 bridgehead atoms. The van der Waals surface area contributed by atoms with E-state index in [2.05, 4.69) is 14.7 Å². The van der Waals surface area contributed by atoms with E-state index in [0.717, 1.165) is 6.92 Å². The van der Waals surface area contributed by atoms with Gasteiger partial charge in [0.2, 0.25) is 0 Å². The van der Waals surface area contributed by atoms with E-state index in [1.165, 1.54) is 18.2 Å². The van der Waals surface area contributed by atoms with E-state index < -0.39 is 23.4 Å². The third-order valence-corrected chi connectivity index (χ3v) is 2.81. The first-order chi connectivity index (χ1) is 9.22. The van der Waals surface area contributed by atoms with Gasteiger partial charge in [0.05, 0.1) is 0 Å². The van der Waals surface area contributed by atoms with E-state index in [9.17, 15) is 17.6 Å². The molecule has 0 fully saturated rings. The third kappa shape index (κ3) is 2.64. The maximum atomic E-state index is 13.4. The Balaban J connectivity index is 2.24. The Morgan fingerprint density at radius 1 is 1.25 bits per heavy atom. The number of hydrogen-bond acceptors (Lipinski definition) is 4. The highest BCUT2D eigenvalue weighted by molar-refractivity contribution is 5.21. The summed E-state index contributed by atoms with van der Waals surface area (Å²) in [5.74, 6) is -1.31. The maximum absolute atomic E-state index is 13.4. The Bertz CT molecular complexity index is 607. The topological polar surface area (TPSA) is 64.9 Å². The highest BCUT2D eigenvalue weighted by atomic mass is 19.4. The third-order valence-electron chi connectivity index (χ3n) is 2.81. The van der Waals surface area contributed by atoms with Gasteiger partial charge in [0, 0.05) is 6.42 Å². The van der Waals surface area contributed by atoms with Crippen molar-refractivity contribution < 1.29 is 22.1 Å². The molecule has 0 aliphatic rings. The lowest BCUT2D eigenvalue weighted by Crippen LogP contribution is -2.48. The van der Waals surface area contributed by atoms with Crippen molar-refractivity contribution in [2.45, 2.75) is 25.1 Å². The predicted molar refractivity (Wildman–Crippen MR) is 61.1 cm³/mol. The van der Waals surface area contributed by atoms with Gasteiger partial charge in [-0.25, -0.2) is 4.39 Å². The van der Waals surface area contributed by atoms with Crippen LogP contribution in [0.1, 0.15) is 24.2 Å². The van der Waals surface area contributed by atoms with Gasteiger partial charge in [0.15, 0.2) is 11.4 Å². The fourth-order valence-electron chi connectivity index (χ4n) is 1.47. The molecule has 20 heavy (non-hydrogen) atoms. The normalized spacial score (nSPS) is 15.1. The van der Waals surface area contributed by atoms with Crippen molar-refractivity contribution in [3.63, 3.8) is 0 Å². The van der Waals surface area contributed by atoms with Gasteiger partial charge < -0.3 is 10.3 Å². The number of rotatable bonds is 3. The van der Waals surface area contributed by atoms with Crippen molar-refractivity contribution in [3.05, 3.63) is 47.4 Å². The molecule has 0 saturated carbocycles. The minimum Gasteiger partial charge on any atom is -0.337 e. The summed E-state index contributed by atoms with van der Waals surface area (Å²) in [5.41, 5.74) is 2.67. The van der Waals surface area contributed by atoms with Crippen LogP contribution >= 0.6 is 0 Å². The van der Waals surface area contributed by atoms with Crippen molar-refractivity contribution in [3.8, 4) is 0 Å². The van der Waals surface area contributed by atoms with Gasteiger partial charge in [-0.15, -0.1) is 0 Å². The summed E-state index contributed by atoms with van der Waals surface area (Å²) in [6.45, 7) is 0.730. The van der Waals surface area contributed by atoms with Crippen molar-refractivity contribution in [1.82, 2.24) is 10.1 Å². The summed E-state index contributed by atoms with van der Waals surface area (Å²) >= 11 is 0. The first-order valence-corrected chi connectivity index (χ1v) is 5.64. The molecule has 0 spiro atoms. The van der Waals surface area contributed by atoms with Crippen LogP contribution in [0.4, 0.5) is 17.6 Å². The summed E-state index contributed by atoms with van der Waals surface area (Å²) in [4.78, 5) is 3.60.